The van der Waals surface area contributed by atoms with Crippen LogP contribution < -0.4 is 10.2 Å². The third-order valence-corrected chi connectivity index (χ3v) is 2.72. The Hall–Kier alpha value is -2.40. The number of carbonyl (C=O) groups is 1. The third-order valence-electron chi connectivity index (χ3n) is 2.49. The largest absolute Gasteiger partial charge is 0.496 e. The van der Waals surface area contributed by atoms with Crippen LogP contribution in [0.15, 0.2) is 47.8 Å². The lowest BCUT2D eigenvalue weighted by Gasteiger charge is -2.04. The summed E-state index contributed by atoms with van der Waals surface area (Å²) in [5, 5.41) is 4.44. The summed E-state index contributed by atoms with van der Waals surface area (Å²) < 4.78 is 5.17. The first-order chi connectivity index (χ1) is 9.70. The van der Waals surface area contributed by atoms with Gasteiger partial charge >= 0.3 is 0 Å². The van der Waals surface area contributed by atoms with E-state index < -0.39 is 0 Å². The number of amides is 1. The van der Waals surface area contributed by atoms with Crippen molar-refractivity contribution in [1.29, 1.82) is 0 Å². The van der Waals surface area contributed by atoms with Crippen molar-refractivity contribution in [2.75, 3.05) is 7.11 Å². The predicted molar refractivity (Wildman–Crippen MR) is 77.3 cm³/mol. The Morgan fingerprint density at radius 1 is 1.45 bits per heavy atom. The summed E-state index contributed by atoms with van der Waals surface area (Å²) >= 11 is 5.90. The number of halogens is 1. The van der Waals surface area contributed by atoms with Crippen LogP contribution in [-0.4, -0.2) is 24.2 Å². The van der Waals surface area contributed by atoms with Gasteiger partial charge in [0.1, 0.15) is 5.75 Å². The number of hydrogen-bond donors (Lipinski definition) is 1. The molecule has 0 atom stereocenters. The quantitative estimate of drug-likeness (QED) is 0.695. The molecule has 0 saturated carbocycles. The van der Waals surface area contributed by atoms with Gasteiger partial charge < -0.3 is 4.74 Å². The zero-order valence-electron chi connectivity index (χ0n) is 10.7. The number of hydrazone groups is 1. The second-order valence-electron chi connectivity index (χ2n) is 3.83. The number of carbonyl (C=O) groups excluding carboxylic acids is 1. The number of aromatic nitrogens is 1. The van der Waals surface area contributed by atoms with Crippen LogP contribution in [-0.2, 0) is 0 Å². The van der Waals surface area contributed by atoms with Crippen molar-refractivity contribution in [3.8, 4) is 5.75 Å². The van der Waals surface area contributed by atoms with Crippen molar-refractivity contribution in [3.05, 3.63) is 58.9 Å². The fourth-order valence-corrected chi connectivity index (χ4v) is 1.71. The molecule has 1 aromatic carbocycles. The van der Waals surface area contributed by atoms with Crippen molar-refractivity contribution >= 4 is 23.7 Å². The molecule has 1 heterocycles. The number of benzene rings is 1. The van der Waals surface area contributed by atoms with E-state index in [9.17, 15) is 4.79 Å². The number of hydrogen-bond acceptors (Lipinski definition) is 4. The van der Waals surface area contributed by atoms with Crippen LogP contribution in [0.5, 0.6) is 5.75 Å². The van der Waals surface area contributed by atoms with E-state index in [1.54, 1.807) is 43.6 Å². The second kappa shape index (κ2) is 6.68. The lowest BCUT2D eigenvalue weighted by atomic mass is 10.2. The molecule has 0 spiro atoms. The Morgan fingerprint density at radius 3 is 3.00 bits per heavy atom. The summed E-state index contributed by atoms with van der Waals surface area (Å²) in [4.78, 5) is 15.6. The molecule has 5 nitrogen and oxygen atoms in total. The maximum absolute atomic E-state index is 11.7. The summed E-state index contributed by atoms with van der Waals surface area (Å²) in [6, 6.07) is 8.47. The lowest BCUT2D eigenvalue weighted by molar-refractivity contribution is 0.0955. The number of rotatable bonds is 4. The van der Waals surface area contributed by atoms with Crippen molar-refractivity contribution in [3.63, 3.8) is 0 Å². The van der Waals surface area contributed by atoms with Gasteiger partial charge in [-0.15, -0.1) is 0 Å². The molecule has 1 aromatic heterocycles. The molecule has 1 N–H and O–H groups in total. The highest BCUT2D eigenvalue weighted by Crippen LogP contribution is 2.20. The van der Waals surface area contributed by atoms with Gasteiger partial charge in [-0.3, -0.25) is 9.78 Å². The van der Waals surface area contributed by atoms with Crippen LogP contribution in [0, 0.1) is 0 Å². The average molecular weight is 290 g/mol. The Bertz CT molecular complexity index is 630. The highest BCUT2D eigenvalue weighted by molar-refractivity contribution is 6.30. The lowest BCUT2D eigenvalue weighted by Crippen LogP contribution is -2.17. The molecular formula is C14H12ClN3O2. The van der Waals surface area contributed by atoms with E-state index in [2.05, 4.69) is 15.5 Å². The molecular weight excluding hydrogens is 278 g/mol. The SMILES string of the molecule is COc1ccc(Cl)cc1C=NNC(=O)c1cccnc1. The summed E-state index contributed by atoms with van der Waals surface area (Å²) in [5.41, 5.74) is 3.52. The molecule has 20 heavy (non-hydrogen) atoms. The summed E-state index contributed by atoms with van der Waals surface area (Å²) in [7, 11) is 1.55. The number of ether oxygens (including phenoxy) is 1. The molecule has 0 aliphatic carbocycles. The van der Waals surface area contributed by atoms with E-state index in [-0.39, 0.29) is 5.91 Å². The summed E-state index contributed by atoms with van der Waals surface area (Å²) in [6.45, 7) is 0. The van der Waals surface area contributed by atoms with Crippen LogP contribution in [0.2, 0.25) is 5.02 Å². The minimum absolute atomic E-state index is 0.338. The van der Waals surface area contributed by atoms with Gasteiger partial charge in [-0.2, -0.15) is 5.10 Å². The highest BCUT2D eigenvalue weighted by Gasteiger charge is 2.04. The maximum Gasteiger partial charge on any atom is 0.272 e. The molecule has 1 amide bonds. The Balaban J connectivity index is 2.07. The van der Waals surface area contributed by atoms with Crippen LogP contribution in [0.25, 0.3) is 0 Å². The first-order valence-electron chi connectivity index (χ1n) is 5.77. The Kier molecular flexibility index (Phi) is 4.68. The Labute approximate surface area is 121 Å². The Morgan fingerprint density at radius 2 is 2.30 bits per heavy atom. The molecule has 2 rings (SSSR count). The minimum atomic E-state index is -0.338. The molecule has 6 heteroatoms. The van der Waals surface area contributed by atoms with Gasteiger partial charge in [-0.1, -0.05) is 11.6 Å². The van der Waals surface area contributed by atoms with Gasteiger partial charge in [0.05, 0.1) is 18.9 Å². The molecule has 0 fully saturated rings. The predicted octanol–water partition coefficient (Wildman–Crippen LogP) is 2.51. The van der Waals surface area contributed by atoms with Gasteiger partial charge in [-0.05, 0) is 30.3 Å². The van der Waals surface area contributed by atoms with E-state index >= 15 is 0 Å². The van der Waals surface area contributed by atoms with Crippen molar-refractivity contribution in [2.45, 2.75) is 0 Å². The van der Waals surface area contributed by atoms with Gasteiger partial charge in [0, 0.05) is 23.0 Å². The van der Waals surface area contributed by atoms with Crippen molar-refractivity contribution < 1.29 is 9.53 Å². The summed E-state index contributed by atoms with van der Waals surface area (Å²) in [6.07, 6.45) is 4.53. The molecule has 0 unspecified atom stereocenters. The molecule has 0 saturated heterocycles. The van der Waals surface area contributed by atoms with E-state index in [4.69, 9.17) is 16.3 Å². The smallest absolute Gasteiger partial charge is 0.272 e. The van der Waals surface area contributed by atoms with Crippen LogP contribution in [0.1, 0.15) is 15.9 Å². The topological polar surface area (TPSA) is 63.6 Å². The highest BCUT2D eigenvalue weighted by atomic mass is 35.5. The fourth-order valence-electron chi connectivity index (χ4n) is 1.53. The molecule has 2 aromatic rings. The van der Waals surface area contributed by atoms with Crippen LogP contribution in [0.4, 0.5) is 0 Å². The minimum Gasteiger partial charge on any atom is -0.496 e. The molecule has 0 aliphatic heterocycles. The molecule has 0 bridgehead atoms. The first-order valence-corrected chi connectivity index (χ1v) is 6.15. The number of nitrogens with one attached hydrogen (secondary N) is 1. The monoisotopic (exact) mass is 289 g/mol. The summed E-state index contributed by atoms with van der Waals surface area (Å²) in [5.74, 6) is 0.282. The van der Waals surface area contributed by atoms with Crippen LogP contribution >= 0.6 is 11.6 Å². The number of methoxy groups -OCH3 is 1. The third kappa shape index (κ3) is 3.55. The van der Waals surface area contributed by atoms with E-state index in [0.29, 0.717) is 21.9 Å². The van der Waals surface area contributed by atoms with E-state index in [0.717, 1.165) is 0 Å². The standard InChI is InChI=1S/C14H12ClN3O2/c1-20-13-5-4-12(15)7-11(13)9-17-18-14(19)10-3-2-6-16-8-10/h2-9H,1H3,(H,18,19). The van der Waals surface area contributed by atoms with Gasteiger partial charge in [0.25, 0.3) is 5.91 Å². The van der Waals surface area contributed by atoms with E-state index in [1.165, 1.54) is 12.4 Å². The van der Waals surface area contributed by atoms with Gasteiger partial charge in [0.2, 0.25) is 0 Å². The molecule has 0 aliphatic rings. The first kappa shape index (κ1) is 14.0. The second-order valence-corrected chi connectivity index (χ2v) is 4.26. The van der Waals surface area contributed by atoms with Crippen molar-refractivity contribution in [2.24, 2.45) is 5.10 Å². The zero-order chi connectivity index (χ0) is 14.4. The van der Waals surface area contributed by atoms with Crippen LogP contribution in [0.3, 0.4) is 0 Å². The van der Waals surface area contributed by atoms with E-state index in [1.807, 2.05) is 0 Å². The van der Waals surface area contributed by atoms with Gasteiger partial charge in [0.15, 0.2) is 0 Å². The molecule has 102 valence electrons. The normalized spacial score (nSPS) is 10.5. The zero-order valence-corrected chi connectivity index (χ0v) is 11.5. The van der Waals surface area contributed by atoms with Crippen molar-refractivity contribution in [1.82, 2.24) is 10.4 Å². The molecule has 0 radical (unpaired) electrons. The van der Waals surface area contributed by atoms with Gasteiger partial charge in [-0.25, -0.2) is 5.43 Å². The number of nitrogens with zero attached hydrogens (tertiary/aromatic N) is 2. The maximum atomic E-state index is 11.7. The average Bonchev–Trinajstić information content (AvgIpc) is 2.48. The fraction of sp³-hybridized carbons (Fsp3) is 0.0714. The number of pyridine rings is 1.